The Morgan fingerprint density at radius 2 is 1.81 bits per heavy atom. The number of nitrogens with zero attached hydrogens (tertiary/aromatic N) is 7. The molecule has 0 atom stereocenters. The molecule has 0 aliphatic carbocycles. The number of H-pyrrole nitrogens is 1. The van der Waals surface area contributed by atoms with Gasteiger partial charge in [-0.1, -0.05) is 12.1 Å². The maximum Gasteiger partial charge on any atom is 0.433 e. The standard InChI is InChI=1S/C24H21F3N8O/c1-33-20(14-6-7-18(28-12-14)24(25,26)27)32-19-21(33)29-13-30-22(19)34-10-8-15(9-11-34)35-17-5-3-2-4-16(17)31-23(35)36/h2-7,12-13,15H,8-11H2,1H3,(H,31,36). The molecule has 12 heteroatoms. The van der Waals surface area contributed by atoms with Crippen molar-refractivity contribution in [3.63, 3.8) is 0 Å². The Hall–Kier alpha value is -4.22. The van der Waals surface area contributed by atoms with Gasteiger partial charge in [-0.25, -0.2) is 19.7 Å². The monoisotopic (exact) mass is 494 g/mol. The van der Waals surface area contributed by atoms with Gasteiger partial charge >= 0.3 is 11.9 Å². The number of anilines is 1. The number of imidazole rings is 2. The molecule has 9 nitrogen and oxygen atoms in total. The number of fused-ring (bicyclic) bond motifs is 2. The van der Waals surface area contributed by atoms with Crippen LogP contribution in [0.4, 0.5) is 19.0 Å². The van der Waals surface area contributed by atoms with E-state index in [0.717, 1.165) is 29.9 Å². The van der Waals surface area contributed by atoms with Gasteiger partial charge in [-0.15, -0.1) is 0 Å². The summed E-state index contributed by atoms with van der Waals surface area (Å²) in [4.78, 5) is 34.7. The van der Waals surface area contributed by atoms with E-state index in [9.17, 15) is 18.0 Å². The number of aromatic nitrogens is 7. The minimum absolute atomic E-state index is 0.0553. The van der Waals surface area contributed by atoms with E-state index in [0.29, 0.717) is 41.5 Å². The zero-order valence-electron chi connectivity index (χ0n) is 19.2. The SMILES string of the molecule is Cn1c(-c2ccc(C(F)(F)F)nc2)nc2c(N3CCC(n4c(=O)[nH]c5ccccc54)CC3)ncnc21. The molecule has 1 N–H and O–H groups in total. The molecule has 0 saturated carbocycles. The van der Waals surface area contributed by atoms with Crippen molar-refractivity contribution in [1.29, 1.82) is 0 Å². The predicted octanol–water partition coefficient (Wildman–Crippen LogP) is 3.93. The van der Waals surface area contributed by atoms with Gasteiger partial charge in [0.15, 0.2) is 17.0 Å². The Morgan fingerprint density at radius 3 is 2.53 bits per heavy atom. The molecule has 0 unspecified atom stereocenters. The van der Waals surface area contributed by atoms with Crippen LogP contribution >= 0.6 is 0 Å². The molecule has 1 fully saturated rings. The fraction of sp³-hybridized carbons (Fsp3) is 0.292. The van der Waals surface area contributed by atoms with Crippen molar-refractivity contribution < 1.29 is 13.2 Å². The Morgan fingerprint density at radius 1 is 1.03 bits per heavy atom. The second-order valence-electron chi connectivity index (χ2n) is 8.83. The quantitative estimate of drug-likeness (QED) is 0.408. The molecule has 0 amide bonds. The number of aromatic amines is 1. The Labute approximate surface area is 202 Å². The first-order valence-corrected chi connectivity index (χ1v) is 11.5. The van der Waals surface area contributed by atoms with Crippen LogP contribution in [0.2, 0.25) is 0 Å². The Balaban J connectivity index is 1.29. The normalized spacial score (nSPS) is 15.3. The number of benzene rings is 1. The number of hydrogen-bond donors (Lipinski definition) is 1. The fourth-order valence-corrected chi connectivity index (χ4v) is 4.94. The van der Waals surface area contributed by atoms with Crippen LogP contribution in [0.15, 0.2) is 53.7 Å². The van der Waals surface area contributed by atoms with E-state index in [1.54, 1.807) is 11.6 Å². The molecule has 0 spiro atoms. The number of hydrogen-bond acceptors (Lipinski definition) is 6. The van der Waals surface area contributed by atoms with E-state index in [1.807, 2.05) is 28.8 Å². The van der Waals surface area contributed by atoms with E-state index in [1.165, 1.54) is 18.6 Å². The van der Waals surface area contributed by atoms with Crippen molar-refractivity contribution in [3.05, 3.63) is 65.1 Å². The molecule has 4 aromatic heterocycles. The third-order valence-electron chi connectivity index (χ3n) is 6.70. The molecular formula is C24H21F3N8O. The van der Waals surface area contributed by atoms with Crippen LogP contribution in [0.25, 0.3) is 33.6 Å². The van der Waals surface area contributed by atoms with Crippen LogP contribution in [-0.4, -0.2) is 47.1 Å². The molecule has 36 heavy (non-hydrogen) atoms. The molecule has 1 aliphatic heterocycles. The summed E-state index contributed by atoms with van der Waals surface area (Å²) >= 11 is 0. The fourth-order valence-electron chi connectivity index (χ4n) is 4.94. The van der Waals surface area contributed by atoms with E-state index in [2.05, 4.69) is 29.8 Å². The third-order valence-corrected chi connectivity index (χ3v) is 6.70. The summed E-state index contributed by atoms with van der Waals surface area (Å²) in [5, 5.41) is 0. The topological polar surface area (TPSA) is 97.5 Å². The molecule has 1 aliphatic rings. The summed E-state index contributed by atoms with van der Waals surface area (Å²) in [5.74, 6) is 1.11. The van der Waals surface area contributed by atoms with Crippen molar-refractivity contribution in [2.45, 2.75) is 25.1 Å². The van der Waals surface area contributed by atoms with Gasteiger partial charge in [0.05, 0.1) is 11.0 Å². The highest BCUT2D eigenvalue weighted by Crippen LogP contribution is 2.33. The Bertz CT molecular complexity index is 1630. The maximum atomic E-state index is 12.9. The van der Waals surface area contributed by atoms with Crippen LogP contribution in [0.3, 0.4) is 0 Å². The van der Waals surface area contributed by atoms with Gasteiger partial charge < -0.3 is 14.5 Å². The number of alkyl halides is 3. The van der Waals surface area contributed by atoms with Gasteiger partial charge in [0.1, 0.15) is 17.8 Å². The van der Waals surface area contributed by atoms with Crippen molar-refractivity contribution in [1.82, 2.24) is 34.1 Å². The summed E-state index contributed by atoms with van der Waals surface area (Å²) in [6, 6.07) is 10.0. The summed E-state index contributed by atoms with van der Waals surface area (Å²) in [5.41, 5.74) is 2.24. The number of piperidine rings is 1. The van der Waals surface area contributed by atoms with Crippen LogP contribution in [0, 0.1) is 0 Å². The molecule has 6 rings (SSSR count). The molecule has 0 bridgehead atoms. The zero-order valence-corrected chi connectivity index (χ0v) is 19.2. The van der Waals surface area contributed by atoms with Gasteiger partial charge in [-0.2, -0.15) is 13.2 Å². The summed E-state index contributed by atoms with van der Waals surface area (Å²) < 4.78 is 42.3. The average molecular weight is 494 g/mol. The van der Waals surface area contributed by atoms with Crippen molar-refractivity contribution >= 4 is 28.0 Å². The van der Waals surface area contributed by atoms with E-state index in [4.69, 9.17) is 0 Å². The van der Waals surface area contributed by atoms with Crippen LogP contribution in [-0.2, 0) is 13.2 Å². The summed E-state index contributed by atoms with van der Waals surface area (Å²) in [7, 11) is 1.76. The highest BCUT2D eigenvalue weighted by molar-refractivity contribution is 5.86. The zero-order chi connectivity index (χ0) is 25.0. The summed E-state index contributed by atoms with van der Waals surface area (Å²) in [6.07, 6.45) is -0.384. The van der Waals surface area contributed by atoms with Gasteiger partial charge in [-0.05, 0) is 37.1 Å². The Kier molecular flexibility index (Phi) is 5.06. The first kappa shape index (κ1) is 22.3. The lowest BCUT2D eigenvalue weighted by molar-refractivity contribution is -0.141. The molecular weight excluding hydrogens is 473 g/mol. The van der Waals surface area contributed by atoms with Gasteiger partial charge in [0.2, 0.25) is 0 Å². The van der Waals surface area contributed by atoms with Crippen LogP contribution < -0.4 is 10.6 Å². The van der Waals surface area contributed by atoms with Gasteiger partial charge in [0, 0.05) is 37.9 Å². The van der Waals surface area contributed by atoms with Gasteiger partial charge in [-0.3, -0.25) is 9.55 Å². The predicted molar refractivity (Wildman–Crippen MR) is 128 cm³/mol. The minimum atomic E-state index is -4.51. The van der Waals surface area contributed by atoms with Crippen LogP contribution in [0.5, 0.6) is 0 Å². The van der Waals surface area contributed by atoms with Crippen LogP contribution in [0.1, 0.15) is 24.6 Å². The molecule has 0 radical (unpaired) electrons. The maximum absolute atomic E-state index is 12.9. The van der Waals surface area contributed by atoms with Crippen molar-refractivity contribution in [2.24, 2.45) is 7.05 Å². The second-order valence-corrected chi connectivity index (χ2v) is 8.83. The molecule has 1 aromatic carbocycles. The smallest absolute Gasteiger partial charge is 0.355 e. The molecule has 184 valence electrons. The number of rotatable bonds is 3. The lowest BCUT2D eigenvalue weighted by atomic mass is 10.0. The highest BCUT2D eigenvalue weighted by Gasteiger charge is 2.32. The van der Waals surface area contributed by atoms with E-state index >= 15 is 0 Å². The molecule has 1 saturated heterocycles. The highest BCUT2D eigenvalue weighted by atomic mass is 19.4. The van der Waals surface area contributed by atoms with Crippen molar-refractivity contribution in [2.75, 3.05) is 18.0 Å². The lowest BCUT2D eigenvalue weighted by Gasteiger charge is -2.33. The van der Waals surface area contributed by atoms with E-state index < -0.39 is 11.9 Å². The van der Waals surface area contributed by atoms with Gasteiger partial charge in [0.25, 0.3) is 0 Å². The first-order chi connectivity index (χ1) is 17.3. The summed E-state index contributed by atoms with van der Waals surface area (Å²) in [6.45, 7) is 1.33. The largest absolute Gasteiger partial charge is 0.433 e. The second kappa shape index (κ2) is 8.18. The lowest BCUT2D eigenvalue weighted by Crippen LogP contribution is -2.37. The number of halogens is 3. The third kappa shape index (κ3) is 3.60. The number of nitrogens with one attached hydrogen (secondary N) is 1. The van der Waals surface area contributed by atoms with Crippen molar-refractivity contribution in [3.8, 4) is 11.4 Å². The molecule has 5 heterocycles. The molecule has 5 aromatic rings. The average Bonchev–Trinajstić information content (AvgIpc) is 3.40. The number of aryl methyl sites for hydroxylation is 1. The number of para-hydroxylation sites is 2. The number of pyridine rings is 1. The van der Waals surface area contributed by atoms with E-state index in [-0.39, 0.29) is 11.7 Å². The first-order valence-electron chi connectivity index (χ1n) is 11.5. The minimum Gasteiger partial charge on any atom is -0.355 e.